The van der Waals surface area contributed by atoms with Gasteiger partial charge in [-0.3, -0.25) is 4.79 Å². The van der Waals surface area contributed by atoms with E-state index < -0.39 is 40.5 Å². The minimum absolute atomic E-state index is 0.0416. The number of amides is 1. The van der Waals surface area contributed by atoms with E-state index in [2.05, 4.69) is 10.0 Å². The van der Waals surface area contributed by atoms with Gasteiger partial charge in [-0.1, -0.05) is 12.1 Å². The largest absolute Gasteiger partial charge is 0.461 e. The Balaban J connectivity index is 1.65. The molecule has 1 amide bonds. The van der Waals surface area contributed by atoms with Crippen molar-refractivity contribution in [2.24, 2.45) is 5.41 Å². The van der Waals surface area contributed by atoms with Gasteiger partial charge in [0, 0.05) is 5.54 Å². The summed E-state index contributed by atoms with van der Waals surface area (Å²) < 4.78 is 77.2. The first kappa shape index (κ1) is 17.2. The van der Waals surface area contributed by atoms with Crippen LogP contribution in [-0.2, 0) is 0 Å². The zero-order chi connectivity index (χ0) is 17.8. The van der Waals surface area contributed by atoms with E-state index in [0.29, 0.717) is 0 Å². The third-order valence-corrected chi connectivity index (χ3v) is 5.01. The van der Waals surface area contributed by atoms with Gasteiger partial charge in [0.1, 0.15) is 0 Å². The normalized spacial score (nSPS) is 28.6. The molecular formula is C14H12F6N2OS. The molecule has 0 aliphatic heterocycles. The molecule has 0 saturated heterocycles. The Kier molecular flexibility index (Phi) is 3.74. The van der Waals surface area contributed by atoms with Crippen LogP contribution in [0.15, 0.2) is 24.3 Å². The molecule has 24 heavy (non-hydrogen) atoms. The quantitative estimate of drug-likeness (QED) is 0.607. The Morgan fingerprint density at radius 2 is 1.62 bits per heavy atom. The van der Waals surface area contributed by atoms with Crippen LogP contribution >= 0.6 is 11.9 Å². The predicted molar refractivity (Wildman–Crippen MR) is 76.2 cm³/mol. The van der Waals surface area contributed by atoms with Crippen LogP contribution in [0, 0.1) is 5.41 Å². The van der Waals surface area contributed by atoms with Gasteiger partial charge in [0.2, 0.25) is 0 Å². The molecule has 2 bridgehead atoms. The average molecular weight is 370 g/mol. The van der Waals surface area contributed by atoms with Crippen LogP contribution in [-0.4, -0.2) is 23.1 Å². The predicted octanol–water partition coefficient (Wildman–Crippen LogP) is 4.48. The van der Waals surface area contributed by atoms with Crippen molar-refractivity contribution in [3.8, 4) is 0 Å². The number of halogens is 6. The number of anilines is 1. The summed E-state index contributed by atoms with van der Waals surface area (Å²) in [5, 5.41) is 2.54. The third-order valence-electron chi connectivity index (χ3n) is 4.46. The monoisotopic (exact) mass is 370 g/mol. The Morgan fingerprint density at radius 3 is 2.17 bits per heavy atom. The maximum absolute atomic E-state index is 12.8. The molecule has 2 N–H and O–H groups in total. The van der Waals surface area contributed by atoms with Gasteiger partial charge in [0.25, 0.3) is 5.91 Å². The summed E-state index contributed by atoms with van der Waals surface area (Å²) in [6.45, 7) is 0. The molecule has 0 aromatic heterocycles. The summed E-state index contributed by atoms with van der Waals surface area (Å²) in [6.07, 6.45) is -4.82. The van der Waals surface area contributed by atoms with Gasteiger partial charge >= 0.3 is 11.7 Å². The van der Waals surface area contributed by atoms with Crippen molar-refractivity contribution in [1.29, 1.82) is 0 Å². The van der Waals surface area contributed by atoms with E-state index in [-0.39, 0.29) is 30.5 Å². The van der Waals surface area contributed by atoms with E-state index in [1.807, 2.05) is 0 Å². The SMILES string of the molecule is O=C(NC12CC(C(F)(F)F)(C1)C2)c1ccccc1NSC(F)(F)F. The molecule has 1 aromatic carbocycles. The van der Waals surface area contributed by atoms with Crippen molar-refractivity contribution in [3.05, 3.63) is 29.8 Å². The van der Waals surface area contributed by atoms with Crippen LogP contribution in [0.2, 0.25) is 0 Å². The first-order valence-corrected chi connectivity index (χ1v) is 7.76. The van der Waals surface area contributed by atoms with Crippen molar-refractivity contribution < 1.29 is 31.1 Å². The summed E-state index contributed by atoms with van der Waals surface area (Å²) in [7, 11) is 0. The van der Waals surface area contributed by atoms with Gasteiger partial charge in [0.05, 0.1) is 28.6 Å². The fourth-order valence-electron chi connectivity index (χ4n) is 3.41. The van der Waals surface area contributed by atoms with Crippen LogP contribution in [0.5, 0.6) is 0 Å². The molecule has 10 heteroatoms. The van der Waals surface area contributed by atoms with E-state index in [1.54, 1.807) is 0 Å². The number of rotatable bonds is 4. The number of nitrogens with one attached hydrogen (secondary N) is 2. The molecule has 4 rings (SSSR count). The van der Waals surface area contributed by atoms with Crippen LogP contribution < -0.4 is 10.0 Å². The number of carbonyl (C=O) groups is 1. The van der Waals surface area contributed by atoms with Gasteiger partial charge in [-0.25, -0.2) is 0 Å². The van der Waals surface area contributed by atoms with Crippen LogP contribution in [0.1, 0.15) is 29.6 Å². The second kappa shape index (κ2) is 5.21. The van der Waals surface area contributed by atoms with Crippen molar-refractivity contribution in [1.82, 2.24) is 5.32 Å². The van der Waals surface area contributed by atoms with E-state index in [4.69, 9.17) is 0 Å². The molecule has 0 atom stereocenters. The summed E-state index contributed by atoms with van der Waals surface area (Å²) in [4.78, 5) is 12.3. The number of para-hydroxylation sites is 1. The Morgan fingerprint density at radius 1 is 1.04 bits per heavy atom. The van der Waals surface area contributed by atoms with Gasteiger partial charge in [-0.15, -0.1) is 0 Å². The molecule has 0 radical (unpaired) electrons. The lowest BCUT2D eigenvalue weighted by Crippen LogP contribution is -2.78. The van der Waals surface area contributed by atoms with Crippen molar-refractivity contribution in [2.75, 3.05) is 4.72 Å². The summed E-state index contributed by atoms with van der Waals surface area (Å²) >= 11 is -0.510. The average Bonchev–Trinajstić information content (AvgIpc) is 2.36. The Bertz CT molecular complexity index is 652. The molecule has 3 fully saturated rings. The van der Waals surface area contributed by atoms with Crippen LogP contribution in [0.25, 0.3) is 0 Å². The van der Waals surface area contributed by atoms with E-state index >= 15 is 0 Å². The highest BCUT2D eigenvalue weighted by Crippen LogP contribution is 2.73. The zero-order valence-corrected chi connectivity index (χ0v) is 12.8. The van der Waals surface area contributed by atoms with E-state index in [9.17, 15) is 31.1 Å². The van der Waals surface area contributed by atoms with E-state index in [1.165, 1.54) is 24.3 Å². The van der Waals surface area contributed by atoms with Crippen molar-refractivity contribution >= 4 is 23.5 Å². The lowest BCUT2D eigenvalue weighted by Gasteiger charge is -2.70. The fourth-order valence-corrected chi connectivity index (χ4v) is 3.82. The Labute approximate surface area is 137 Å². The molecule has 3 nitrogen and oxygen atoms in total. The highest BCUT2D eigenvalue weighted by Gasteiger charge is 2.79. The molecule has 0 spiro atoms. The molecule has 0 unspecified atom stereocenters. The summed E-state index contributed by atoms with van der Waals surface area (Å²) in [5.41, 5.74) is -7.22. The van der Waals surface area contributed by atoms with Crippen molar-refractivity contribution in [3.63, 3.8) is 0 Å². The molecule has 0 heterocycles. The standard InChI is InChI=1S/C14H12F6N2OS/c15-13(16,17)11-5-12(6-11,7-11)21-10(23)8-3-1-2-4-9(8)22-24-14(18,19)20/h1-4,22H,5-7H2,(H,21,23). The zero-order valence-electron chi connectivity index (χ0n) is 12.0. The number of hydrogen-bond acceptors (Lipinski definition) is 3. The second-order valence-electron chi connectivity index (χ2n) is 6.24. The first-order valence-electron chi connectivity index (χ1n) is 6.94. The number of benzene rings is 1. The minimum Gasteiger partial charge on any atom is -0.346 e. The van der Waals surface area contributed by atoms with Crippen molar-refractivity contribution in [2.45, 2.75) is 36.5 Å². The van der Waals surface area contributed by atoms with Gasteiger partial charge in [-0.2, -0.15) is 26.3 Å². The molecule has 3 aliphatic rings. The Hall–Kier alpha value is -1.58. The van der Waals surface area contributed by atoms with Crippen LogP contribution in [0.4, 0.5) is 32.0 Å². The van der Waals surface area contributed by atoms with E-state index in [0.717, 1.165) is 0 Å². The fraction of sp³-hybridized carbons (Fsp3) is 0.500. The molecule has 3 aliphatic carbocycles. The highest BCUT2D eigenvalue weighted by atomic mass is 32.2. The molecule has 3 saturated carbocycles. The lowest BCUT2D eigenvalue weighted by molar-refractivity contribution is -0.336. The van der Waals surface area contributed by atoms with Gasteiger partial charge < -0.3 is 10.0 Å². The first-order chi connectivity index (χ1) is 11.0. The minimum atomic E-state index is -4.53. The maximum Gasteiger partial charge on any atom is 0.461 e. The van der Waals surface area contributed by atoms with Gasteiger partial charge in [-0.05, 0) is 31.4 Å². The number of hydrogen-bond donors (Lipinski definition) is 2. The maximum atomic E-state index is 12.8. The topological polar surface area (TPSA) is 41.1 Å². The second-order valence-corrected chi connectivity index (χ2v) is 7.11. The number of alkyl halides is 6. The molecule has 132 valence electrons. The van der Waals surface area contributed by atoms with Gasteiger partial charge in [0.15, 0.2) is 0 Å². The third kappa shape index (κ3) is 2.91. The lowest BCUT2D eigenvalue weighted by atomic mass is 9.39. The summed E-state index contributed by atoms with van der Waals surface area (Å²) in [5.74, 6) is -0.684. The smallest absolute Gasteiger partial charge is 0.346 e. The number of carbonyl (C=O) groups excluding carboxylic acids is 1. The van der Waals surface area contributed by atoms with Crippen LogP contribution in [0.3, 0.4) is 0 Å². The molecular weight excluding hydrogens is 358 g/mol. The highest BCUT2D eigenvalue weighted by molar-refractivity contribution is 8.01. The summed E-state index contributed by atoms with van der Waals surface area (Å²) in [6, 6.07) is 5.54. The molecule has 1 aromatic rings.